The van der Waals surface area contributed by atoms with E-state index < -0.39 is 0 Å². The largest absolute Gasteiger partial charge is 0.454 e. The Kier molecular flexibility index (Phi) is 1.49. The maximum absolute atomic E-state index is 10.0. The van der Waals surface area contributed by atoms with Gasteiger partial charge in [-0.1, -0.05) is 6.58 Å². The number of carbonyl (C=O) groups is 1. The van der Waals surface area contributed by atoms with Crippen LogP contribution in [-0.4, -0.2) is 6.29 Å². The highest BCUT2D eigenvalue weighted by atomic mass is 16.3. The molecule has 9 heavy (non-hydrogen) atoms. The number of hydrogen-bond donors (Lipinski definition) is 0. The summed E-state index contributed by atoms with van der Waals surface area (Å²) >= 11 is 0. The lowest BCUT2D eigenvalue weighted by Gasteiger charge is -1.78. The summed E-state index contributed by atoms with van der Waals surface area (Å²) in [6.45, 7) is 3.47. The zero-order valence-electron chi connectivity index (χ0n) is 4.83. The van der Waals surface area contributed by atoms with Gasteiger partial charge >= 0.3 is 0 Å². The molecule has 0 aliphatic heterocycles. The highest BCUT2D eigenvalue weighted by molar-refractivity contribution is 5.71. The molecule has 0 radical (unpaired) electrons. The van der Waals surface area contributed by atoms with Gasteiger partial charge in [-0.15, -0.1) is 0 Å². The first-order chi connectivity index (χ1) is 4.36. The Morgan fingerprint density at radius 3 is 2.44 bits per heavy atom. The fraction of sp³-hybridized carbons (Fsp3) is 0. The summed E-state index contributed by atoms with van der Waals surface area (Å²) in [6, 6.07) is 3.29. The van der Waals surface area contributed by atoms with Crippen molar-refractivity contribution in [2.24, 2.45) is 0 Å². The molecule has 46 valence electrons. The summed E-state index contributed by atoms with van der Waals surface area (Å²) in [5.74, 6) is 0.960. The van der Waals surface area contributed by atoms with Crippen LogP contribution in [0.5, 0.6) is 0 Å². The van der Waals surface area contributed by atoms with Gasteiger partial charge in [0.25, 0.3) is 0 Å². The lowest BCUT2D eigenvalue weighted by Crippen LogP contribution is -1.66. The molecule has 1 rings (SSSR count). The van der Waals surface area contributed by atoms with E-state index in [0.717, 1.165) is 0 Å². The van der Waals surface area contributed by atoms with Crippen LogP contribution in [0.15, 0.2) is 23.1 Å². The normalized spacial score (nSPS) is 8.89. The van der Waals surface area contributed by atoms with Gasteiger partial charge in [0.15, 0.2) is 12.0 Å². The van der Waals surface area contributed by atoms with E-state index >= 15 is 0 Å². The van der Waals surface area contributed by atoms with Crippen LogP contribution in [0, 0.1) is 0 Å². The van der Waals surface area contributed by atoms with Crippen molar-refractivity contribution in [2.45, 2.75) is 0 Å². The van der Waals surface area contributed by atoms with Gasteiger partial charge in [-0.05, 0) is 18.2 Å². The highest BCUT2D eigenvalue weighted by Crippen LogP contribution is 2.05. The third-order valence-corrected chi connectivity index (χ3v) is 0.965. The van der Waals surface area contributed by atoms with E-state index in [4.69, 9.17) is 4.42 Å². The summed E-state index contributed by atoms with van der Waals surface area (Å²) in [5.41, 5.74) is 0. The third-order valence-electron chi connectivity index (χ3n) is 0.965. The van der Waals surface area contributed by atoms with E-state index in [1.54, 1.807) is 18.2 Å². The smallest absolute Gasteiger partial charge is 0.185 e. The number of carbonyl (C=O) groups excluding carboxylic acids is 1. The van der Waals surface area contributed by atoms with Crippen molar-refractivity contribution in [3.8, 4) is 0 Å². The zero-order valence-corrected chi connectivity index (χ0v) is 4.83. The number of aldehydes is 1. The monoisotopic (exact) mass is 122 g/mol. The summed E-state index contributed by atoms with van der Waals surface area (Å²) in [4.78, 5) is 10.0. The molecule has 0 bridgehead atoms. The van der Waals surface area contributed by atoms with Gasteiger partial charge in [0.2, 0.25) is 0 Å². The van der Waals surface area contributed by atoms with Crippen LogP contribution in [0.3, 0.4) is 0 Å². The zero-order chi connectivity index (χ0) is 6.69. The second-order valence-corrected chi connectivity index (χ2v) is 1.56. The van der Waals surface area contributed by atoms with E-state index in [0.29, 0.717) is 17.8 Å². The highest BCUT2D eigenvalue weighted by Gasteiger charge is 1.93. The van der Waals surface area contributed by atoms with Crippen molar-refractivity contribution in [3.05, 3.63) is 30.2 Å². The maximum Gasteiger partial charge on any atom is 0.185 e. The quantitative estimate of drug-likeness (QED) is 0.559. The molecule has 2 heteroatoms. The Morgan fingerprint density at radius 1 is 1.44 bits per heavy atom. The molecule has 0 aromatic carbocycles. The molecule has 0 fully saturated rings. The molecule has 0 aliphatic carbocycles. The summed E-state index contributed by atoms with van der Waals surface area (Å²) in [5, 5.41) is 0. The van der Waals surface area contributed by atoms with Crippen molar-refractivity contribution >= 4 is 12.4 Å². The second kappa shape index (κ2) is 2.31. The molecule has 0 saturated heterocycles. The number of hydrogen-bond acceptors (Lipinski definition) is 2. The van der Waals surface area contributed by atoms with E-state index in [1.807, 2.05) is 0 Å². The molecule has 0 atom stereocenters. The topological polar surface area (TPSA) is 30.2 Å². The minimum absolute atomic E-state index is 0.338. The maximum atomic E-state index is 10.0. The molecule has 1 aromatic rings. The predicted molar refractivity (Wildman–Crippen MR) is 34.2 cm³/mol. The van der Waals surface area contributed by atoms with Gasteiger partial charge in [-0.3, -0.25) is 4.79 Å². The molecular weight excluding hydrogens is 116 g/mol. The van der Waals surface area contributed by atoms with Crippen molar-refractivity contribution in [1.29, 1.82) is 0 Å². The van der Waals surface area contributed by atoms with Crippen LogP contribution in [0.2, 0.25) is 0 Å². The Labute approximate surface area is 52.8 Å². The lowest BCUT2D eigenvalue weighted by atomic mass is 10.4. The number of furan rings is 1. The SMILES string of the molecule is C=Cc1ccc(C=O)o1. The molecule has 0 amide bonds. The van der Waals surface area contributed by atoms with Gasteiger partial charge in [-0.2, -0.15) is 0 Å². The van der Waals surface area contributed by atoms with E-state index in [-0.39, 0.29) is 0 Å². The van der Waals surface area contributed by atoms with Crippen molar-refractivity contribution in [3.63, 3.8) is 0 Å². The molecule has 1 aromatic heterocycles. The van der Waals surface area contributed by atoms with Crippen molar-refractivity contribution < 1.29 is 9.21 Å². The summed E-state index contributed by atoms with van der Waals surface area (Å²) in [7, 11) is 0. The average molecular weight is 122 g/mol. The molecule has 0 saturated carbocycles. The standard InChI is InChI=1S/C7H6O2/c1-2-6-3-4-7(5-8)9-6/h2-5H,1H2. The molecule has 0 N–H and O–H groups in total. The molecule has 2 nitrogen and oxygen atoms in total. The van der Waals surface area contributed by atoms with Gasteiger partial charge in [0, 0.05) is 0 Å². The van der Waals surface area contributed by atoms with Gasteiger partial charge in [-0.25, -0.2) is 0 Å². The van der Waals surface area contributed by atoms with Crippen LogP contribution in [-0.2, 0) is 0 Å². The first-order valence-corrected chi connectivity index (χ1v) is 2.54. The Morgan fingerprint density at radius 2 is 2.11 bits per heavy atom. The van der Waals surface area contributed by atoms with Crippen molar-refractivity contribution in [1.82, 2.24) is 0 Å². The van der Waals surface area contributed by atoms with Crippen LogP contribution in [0.4, 0.5) is 0 Å². The van der Waals surface area contributed by atoms with Gasteiger partial charge in [0.1, 0.15) is 5.76 Å². The van der Waals surface area contributed by atoms with Crippen LogP contribution in [0.1, 0.15) is 16.3 Å². The molecule has 0 spiro atoms. The Balaban J connectivity index is 2.98. The number of rotatable bonds is 2. The Hall–Kier alpha value is -1.31. The minimum Gasteiger partial charge on any atom is -0.454 e. The lowest BCUT2D eigenvalue weighted by molar-refractivity contribution is 0.110. The predicted octanol–water partition coefficient (Wildman–Crippen LogP) is 1.74. The minimum atomic E-state index is 0.338. The third kappa shape index (κ3) is 1.08. The second-order valence-electron chi connectivity index (χ2n) is 1.56. The van der Waals surface area contributed by atoms with Gasteiger partial charge in [0.05, 0.1) is 0 Å². The van der Waals surface area contributed by atoms with Gasteiger partial charge < -0.3 is 4.42 Å². The first kappa shape index (κ1) is 5.82. The first-order valence-electron chi connectivity index (χ1n) is 2.54. The average Bonchev–Trinajstić information content (AvgIpc) is 2.34. The Bertz CT molecular complexity index is 200. The van der Waals surface area contributed by atoms with E-state index in [2.05, 4.69) is 6.58 Å². The van der Waals surface area contributed by atoms with Crippen LogP contribution < -0.4 is 0 Å². The molecule has 1 heterocycles. The summed E-state index contributed by atoms with van der Waals surface area (Å²) in [6.07, 6.45) is 2.21. The summed E-state index contributed by atoms with van der Waals surface area (Å²) < 4.78 is 4.90. The molecule has 0 unspecified atom stereocenters. The fourth-order valence-corrected chi connectivity index (χ4v) is 0.541. The molecule has 0 aliphatic rings. The van der Waals surface area contributed by atoms with E-state index in [1.165, 1.54) is 0 Å². The van der Waals surface area contributed by atoms with Crippen LogP contribution >= 0.6 is 0 Å². The molecular formula is C7H6O2. The van der Waals surface area contributed by atoms with Crippen LogP contribution in [0.25, 0.3) is 6.08 Å². The van der Waals surface area contributed by atoms with E-state index in [9.17, 15) is 4.79 Å². The van der Waals surface area contributed by atoms with Crippen molar-refractivity contribution in [2.75, 3.05) is 0 Å². The fourth-order valence-electron chi connectivity index (χ4n) is 0.541.